The third-order valence-corrected chi connectivity index (χ3v) is 7.48. The van der Waals surface area contributed by atoms with Crippen LogP contribution < -0.4 is 5.32 Å². The summed E-state index contributed by atoms with van der Waals surface area (Å²) in [6, 6.07) is 0. The molecule has 158 valence electrons. The van der Waals surface area contributed by atoms with E-state index in [1.165, 1.54) is 11.3 Å². The van der Waals surface area contributed by atoms with Crippen molar-refractivity contribution in [2.45, 2.75) is 76.9 Å². The maximum Gasteiger partial charge on any atom is 0.261 e. The van der Waals surface area contributed by atoms with E-state index >= 15 is 0 Å². The van der Waals surface area contributed by atoms with Crippen LogP contribution in [-0.2, 0) is 25.5 Å². The van der Waals surface area contributed by atoms with E-state index in [1.54, 1.807) is 0 Å². The molecule has 2 aromatic heterocycles. The van der Waals surface area contributed by atoms with Gasteiger partial charge in [0.05, 0.1) is 16.8 Å². The van der Waals surface area contributed by atoms with Gasteiger partial charge in [0.25, 0.3) is 11.8 Å². The minimum absolute atomic E-state index is 0.228. The first-order valence-electron chi connectivity index (χ1n) is 10.4. The van der Waals surface area contributed by atoms with Crippen LogP contribution in [0, 0.1) is 0 Å². The Bertz CT molecular complexity index is 1090. The summed E-state index contributed by atoms with van der Waals surface area (Å²) in [6.07, 6.45) is 5.06. The number of nitrogens with zero attached hydrogens (tertiary/aromatic N) is 2. The van der Waals surface area contributed by atoms with Crippen molar-refractivity contribution in [3.05, 3.63) is 27.4 Å². The van der Waals surface area contributed by atoms with Gasteiger partial charge < -0.3 is 14.6 Å². The highest BCUT2D eigenvalue weighted by Crippen LogP contribution is 2.57. The number of anilines is 1. The van der Waals surface area contributed by atoms with Crippen LogP contribution in [0.15, 0.2) is 15.7 Å². The van der Waals surface area contributed by atoms with E-state index in [4.69, 9.17) is 9.26 Å². The van der Waals surface area contributed by atoms with Crippen molar-refractivity contribution in [2.75, 3.05) is 5.32 Å². The Labute approximate surface area is 178 Å². The van der Waals surface area contributed by atoms with E-state index in [0.29, 0.717) is 40.8 Å². The van der Waals surface area contributed by atoms with Crippen molar-refractivity contribution in [3.8, 4) is 11.5 Å². The highest BCUT2D eigenvalue weighted by molar-refractivity contribution is 7.17. The fourth-order valence-corrected chi connectivity index (χ4v) is 6.01. The molecule has 0 spiro atoms. The van der Waals surface area contributed by atoms with Crippen LogP contribution in [-0.4, -0.2) is 22.3 Å². The summed E-state index contributed by atoms with van der Waals surface area (Å²) >= 11 is 1.49. The zero-order valence-corrected chi connectivity index (χ0v) is 18.4. The maximum atomic E-state index is 13.0. The van der Waals surface area contributed by atoms with Gasteiger partial charge in [-0.3, -0.25) is 9.59 Å². The quantitative estimate of drug-likeness (QED) is 0.689. The van der Waals surface area contributed by atoms with Crippen molar-refractivity contribution < 1.29 is 18.8 Å². The predicted molar refractivity (Wildman–Crippen MR) is 112 cm³/mol. The third kappa shape index (κ3) is 3.04. The Morgan fingerprint density at radius 2 is 1.97 bits per heavy atom. The summed E-state index contributed by atoms with van der Waals surface area (Å²) in [7, 11) is 0. The van der Waals surface area contributed by atoms with Crippen LogP contribution in [0.1, 0.15) is 82.0 Å². The monoisotopic (exact) mass is 427 g/mol. The normalized spacial score (nSPS) is 21.7. The van der Waals surface area contributed by atoms with Crippen LogP contribution in [0.3, 0.4) is 0 Å². The second-order valence-electron chi connectivity index (χ2n) is 9.29. The van der Waals surface area contributed by atoms with Crippen molar-refractivity contribution in [1.82, 2.24) is 10.1 Å². The molecule has 0 bridgehead atoms. The van der Waals surface area contributed by atoms with Crippen LogP contribution in [0.4, 0.5) is 5.00 Å². The molecule has 3 aliphatic rings. The highest BCUT2D eigenvalue weighted by Gasteiger charge is 2.49. The number of nitrogens with one attached hydrogen (secondary N) is 1. The number of carbonyl (C=O) groups excluding carboxylic acids is 2. The fourth-order valence-electron chi connectivity index (χ4n) is 4.64. The van der Waals surface area contributed by atoms with E-state index in [2.05, 4.69) is 15.5 Å². The summed E-state index contributed by atoms with van der Waals surface area (Å²) in [6.45, 7) is 8.09. The van der Waals surface area contributed by atoms with Gasteiger partial charge in [-0.15, -0.1) is 11.3 Å². The Balaban J connectivity index is 1.62. The lowest BCUT2D eigenvalue weighted by atomic mass is 9.94. The van der Waals surface area contributed by atoms with E-state index in [1.807, 2.05) is 27.7 Å². The van der Waals surface area contributed by atoms with Gasteiger partial charge in [-0.1, -0.05) is 5.16 Å². The molecule has 1 saturated carbocycles. The number of hydrogen-bond donors (Lipinski definition) is 1. The standard InChI is InChI=1S/C22H25N3O4S/c1-21(2)15-14(19-23-17(25-28-19)11-8-9-11)20(30-16(15)22(3,4)29-21)24-18(27)13-7-5-6-12(13)10-26/h10-11H,5-9H2,1-4H3,(H,24,27). The number of ether oxygens (including phenoxy) is 1. The number of aldehydes is 1. The lowest BCUT2D eigenvalue weighted by molar-refractivity contribution is -0.113. The lowest BCUT2D eigenvalue weighted by Gasteiger charge is -2.26. The van der Waals surface area contributed by atoms with Crippen LogP contribution >= 0.6 is 11.3 Å². The first kappa shape index (κ1) is 19.6. The predicted octanol–water partition coefficient (Wildman–Crippen LogP) is 4.79. The van der Waals surface area contributed by atoms with E-state index < -0.39 is 11.2 Å². The molecule has 1 amide bonds. The number of carbonyl (C=O) groups is 2. The molecule has 7 nitrogen and oxygen atoms in total. The molecule has 0 radical (unpaired) electrons. The molecule has 0 atom stereocenters. The second kappa shape index (κ2) is 6.59. The first-order valence-corrected chi connectivity index (χ1v) is 11.2. The van der Waals surface area contributed by atoms with Gasteiger partial charge in [-0.25, -0.2) is 0 Å². The van der Waals surface area contributed by atoms with Crippen LogP contribution in [0.25, 0.3) is 11.5 Å². The van der Waals surface area contributed by atoms with E-state index in [9.17, 15) is 9.59 Å². The number of hydrogen-bond acceptors (Lipinski definition) is 7. The smallest absolute Gasteiger partial charge is 0.261 e. The SMILES string of the molecule is CC1(C)OC(C)(C)c2c1sc(NC(=O)C1=C(C=O)CCC1)c2-c1nc(C2CC2)no1. The van der Waals surface area contributed by atoms with E-state index in [-0.39, 0.29) is 5.91 Å². The molecule has 30 heavy (non-hydrogen) atoms. The van der Waals surface area contributed by atoms with Crippen molar-refractivity contribution in [2.24, 2.45) is 0 Å². The van der Waals surface area contributed by atoms with Crippen molar-refractivity contribution in [3.63, 3.8) is 0 Å². The number of thiophene rings is 1. The van der Waals surface area contributed by atoms with Gasteiger partial charge in [0, 0.05) is 27.5 Å². The summed E-state index contributed by atoms with van der Waals surface area (Å²) in [5.41, 5.74) is 1.82. The van der Waals surface area contributed by atoms with Crippen molar-refractivity contribution >= 4 is 28.5 Å². The number of rotatable bonds is 5. The van der Waals surface area contributed by atoms with Crippen molar-refractivity contribution in [1.29, 1.82) is 0 Å². The molecule has 5 rings (SSSR count). The largest absolute Gasteiger partial charge is 0.359 e. The summed E-state index contributed by atoms with van der Waals surface area (Å²) < 4.78 is 12.0. The zero-order valence-electron chi connectivity index (χ0n) is 17.6. The van der Waals surface area contributed by atoms with E-state index in [0.717, 1.165) is 47.4 Å². The maximum absolute atomic E-state index is 13.0. The third-order valence-electron chi connectivity index (χ3n) is 6.07. The summed E-state index contributed by atoms with van der Waals surface area (Å²) in [5, 5.41) is 7.90. The fraction of sp³-hybridized carbons (Fsp3) is 0.545. The number of allylic oxidation sites excluding steroid dienone is 1. The first-order chi connectivity index (χ1) is 14.2. The average Bonchev–Trinajstić information content (AvgIpc) is 3.06. The summed E-state index contributed by atoms with van der Waals surface area (Å²) in [4.78, 5) is 30.1. The van der Waals surface area contributed by atoms with Gasteiger partial charge in [0.2, 0.25) is 0 Å². The molecule has 1 aliphatic heterocycles. The number of amides is 1. The van der Waals surface area contributed by atoms with Crippen LogP contribution in [0.2, 0.25) is 0 Å². The van der Waals surface area contributed by atoms with Crippen LogP contribution in [0.5, 0.6) is 0 Å². The topological polar surface area (TPSA) is 94.3 Å². The molecule has 1 fully saturated rings. The minimum Gasteiger partial charge on any atom is -0.359 e. The van der Waals surface area contributed by atoms with Gasteiger partial charge in [0.1, 0.15) is 11.3 Å². The summed E-state index contributed by atoms with van der Waals surface area (Å²) in [5.74, 6) is 1.27. The Morgan fingerprint density at radius 1 is 1.20 bits per heavy atom. The zero-order chi connectivity index (χ0) is 21.3. The number of fused-ring (bicyclic) bond motifs is 1. The molecule has 2 aliphatic carbocycles. The highest BCUT2D eigenvalue weighted by atomic mass is 32.1. The van der Waals surface area contributed by atoms with Gasteiger partial charge in [-0.05, 0) is 59.8 Å². The minimum atomic E-state index is -0.567. The van der Waals surface area contributed by atoms with Gasteiger partial charge >= 0.3 is 0 Å². The Kier molecular flexibility index (Phi) is 4.31. The average molecular weight is 428 g/mol. The molecule has 8 heteroatoms. The molecule has 2 aromatic rings. The molecule has 0 saturated heterocycles. The molecule has 0 unspecified atom stereocenters. The Morgan fingerprint density at radius 3 is 2.67 bits per heavy atom. The number of aromatic nitrogens is 2. The molecule has 3 heterocycles. The second-order valence-corrected chi connectivity index (χ2v) is 10.3. The molecule has 1 N–H and O–H groups in total. The Hall–Kier alpha value is -2.32. The molecular weight excluding hydrogens is 402 g/mol. The van der Waals surface area contributed by atoms with Gasteiger partial charge in [-0.2, -0.15) is 4.98 Å². The van der Waals surface area contributed by atoms with Gasteiger partial charge in [0.15, 0.2) is 5.82 Å². The lowest BCUT2D eigenvalue weighted by Crippen LogP contribution is -2.23. The molecular formula is C22H25N3O4S. The molecule has 0 aromatic carbocycles.